The Morgan fingerprint density at radius 3 is 2.41 bits per heavy atom. The topological polar surface area (TPSA) is 87.5 Å². The molecule has 0 spiro atoms. The summed E-state index contributed by atoms with van der Waals surface area (Å²) in [7, 11) is 0. The number of amides is 2. The second kappa shape index (κ2) is 5.97. The van der Waals surface area contributed by atoms with Gasteiger partial charge in [-0.05, 0) is 20.8 Å². The van der Waals surface area contributed by atoms with Crippen molar-refractivity contribution in [2.24, 2.45) is 5.73 Å². The zero-order valence-electron chi connectivity index (χ0n) is 10.7. The summed E-state index contributed by atoms with van der Waals surface area (Å²) in [5.41, 5.74) is 5.15. The number of rotatable bonds is 4. The number of piperazine rings is 1. The highest BCUT2D eigenvalue weighted by molar-refractivity contribution is 5.87. The van der Waals surface area contributed by atoms with E-state index in [-0.39, 0.29) is 24.5 Å². The Bertz CT molecular complexity index is 285. The van der Waals surface area contributed by atoms with E-state index in [2.05, 4.69) is 17.6 Å². The summed E-state index contributed by atoms with van der Waals surface area (Å²) in [5.74, 6) is -0.553. The van der Waals surface area contributed by atoms with Crippen LogP contribution in [0.2, 0.25) is 0 Å². The highest BCUT2D eigenvalue weighted by atomic mass is 16.2. The SMILES string of the molecule is CC1CNC(C(=O)N(CC(N)=O)C(C)C)CN1. The summed E-state index contributed by atoms with van der Waals surface area (Å²) in [6.45, 7) is 7.11. The Hall–Kier alpha value is -1.14. The van der Waals surface area contributed by atoms with Crippen molar-refractivity contribution >= 4 is 11.8 Å². The molecule has 0 radical (unpaired) electrons. The molecule has 0 aromatic heterocycles. The molecule has 17 heavy (non-hydrogen) atoms. The predicted molar refractivity (Wildman–Crippen MR) is 65.3 cm³/mol. The molecule has 0 aromatic carbocycles. The molecule has 2 unspecified atom stereocenters. The van der Waals surface area contributed by atoms with E-state index in [1.54, 1.807) is 0 Å². The van der Waals surface area contributed by atoms with E-state index < -0.39 is 5.91 Å². The van der Waals surface area contributed by atoms with Crippen molar-refractivity contribution in [2.75, 3.05) is 19.6 Å². The van der Waals surface area contributed by atoms with Gasteiger partial charge in [-0.15, -0.1) is 0 Å². The van der Waals surface area contributed by atoms with Crippen molar-refractivity contribution in [1.82, 2.24) is 15.5 Å². The van der Waals surface area contributed by atoms with Crippen molar-refractivity contribution in [3.8, 4) is 0 Å². The minimum absolute atomic E-state index is 0.0236. The van der Waals surface area contributed by atoms with Gasteiger partial charge < -0.3 is 21.3 Å². The third kappa shape index (κ3) is 3.98. The Balaban J connectivity index is 2.61. The van der Waals surface area contributed by atoms with Crippen LogP contribution in [0, 0.1) is 0 Å². The highest BCUT2D eigenvalue weighted by Gasteiger charge is 2.29. The molecule has 2 atom stereocenters. The van der Waals surface area contributed by atoms with E-state index in [0.717, 1.165) is 6.54 Å². The fourth-order valence-corrected chi connectivity index (χ4v) is 1.84. The maximum Gasteiger partial charge on any atom is 0.241 e. The van der Waals surface area contributed by atoms with E-state index in [9.17, 15) is 9.59 Å². The van der Waals surface area contributed by atoms with Crippen LogP contribution in [0.3, 0.4) is 0 Å². The number of primary amides is 1. The van der Waals surface area contributed by atoms with Crippen molar-refractivity contribution in [3.63, 3.8) is 0 Å². The van der Waals surface area contributed by atoms with Gasteiger partial charge in [0.25, 0.3) is 0 Å². The second-order valence-corrected chi connectivity index (χ2v) is 4.80. The van der Waals surface area contributed by atoms with Crippen molar-refractivity contribution in [2.45, 2.75) is 38.9 Å². The number of nitrogens with two attached hydrogens (primary N) is 1. The molecule has 0 aromatic rings. The van der Waals surface area contributed by atoms with Gasteiger partial charge in [-0.1, -0.05) is 0 Å². The monoisotopic (exact) mass is 242 g/mol. The van der Waals surface area contributed by atoms with Gasteiger partial charge in [0.1, 0.15) is 0 Å². The normalized spacial score (nSPS) is 24.7. The molecule has 1 heterocycles. The van der Waals surface area contributed by atoms with Crippen LogP contribution >= 0.6 is 0 Å². The van der Waals surface area contributed by atoms with Gasteiger partial charge in [-0.25, -0.2) is 0 Å². The highest BCUT2D eigenvalue weighted by Crippen LogP contribution is 2.04. The largest absolute Gasteiger partial charge is 0.368 e. The number of nitrogens with zero attached hydrogens (tertiary/aromatic N) is 1. The third-order valence-corrected chi connectivity index (χ3v) is 2.87. The van der Waals surface area contributed by atoms with Crippen LogP contribution in [0.5, 0.6) is 0 Å². The number of hydrogen-bond donors (Lipinski definition) is 3. The molecule has 1 saturated heterocycles. The first-order valence-electron chi connectivity index (χ1n) is 5.97. The zero-order chi connectivity index (χ0) is 13.0. The standard InChI is InChI=1S/C11H22N4O2/c1-7(2)15(6-10(12)16)11(17)9-5-13-8(3)4-14-9/h7-9,13-14H,4-6H2,1-3H3,(H2,12,16). The molecule has 0 aliphatic carbocycles. The van der Waals surface area contributed by atoms with Crippen LogP contribution < -0.4 is 16.4 Å². The molecular formula is C11H22N4O2. The molecule has 4 N–H and O–H groups in total. The van der Waals surface area contributed by atoms with Gasteiger partial charge in [0.15, 0.2) is 0 Å². The van der Waals surface area contributed by atoms with Gasteiger partial charge in [-0.3, -0.25) is 9.59 Å². The first kappa shape index (κ1) is 13.9. The number of nitrogens with one attached hydrogen (secondary N) is 2. The van der Waals surface area contributed by atoms with Gasteiger partial charge in [-0.2, -0.15) is 0 Å². The molecule has 0 saturated carbocycles. The number of carbonyl (C=O) groups is 2. The second-order valence-electron chi connectivity index (χ2n) is 4.80. The number of hydrogen-bond acceptors (Lipinski definition) is 4. The van der Waals surface area contributed by atoms with Gasteiger partial charge in [0.05, 0.1) is 12.6 Å². The fourth-order valence-electron chi connectivity index (χ4n) is 1.84. The Labute approximate surface area is 102 Å². The average Bonchev–Trinajstić information content (AvgIpc) is 2.25. The molecule has 1 aliphatic heterocycles. The Morgan fingerprint density at radius 2 is 2.00 bits per heavy atom. The van der Waals surface area contributed by atoms with Gasteiger partial charge >= 0.3 is 0 Å². The first-order valence-corrected chi connectivity index (χ1v) is 5.97. The summed E-state index contributed by atoms with van der Waals surface area (Å²) in [4.78, 5) is 24.7. The van der Waals surface area contributed by atoms with Gasteiger partial charge in [0.2, 0.25) is 11.8 Å². The first-order chi connectivity index (χ1) is 7.91. The molecule has 6 heteroatoms. The third-order valence-electron chi connectivity index (χ3n) is 2.87. The van der Waals surface area contributed by atoms with Crippen molar-refractivity contribution in [1.29, 1.82) is 0 Å². The van der Waals surface area contributed by atoms with Crippen LogP contribution in [0.15, 0.2) is 0 Å². The average molecular weight is 242 g/mol. The molecule has 0 bridgehead atoms. The fraction of sp³-hybridized carbons (Fsp3) is 0.818. The van der Waals surface area contributed by atoms with Gasteiger partial charge in [0, 0.05) is 25.2 Å². The minimum atomic E-state index is -0.482. The summed E-state index contributed by atoms with van der Waals surface area (Å²) >= 11 is 0. The van der Waals surface area contributed by atoms with Crippen LogP contribution in [0.1, 0.15) is 20.8 Å². The van der Waals surface area contributed by atoms with Crippen molar-refractivity contribution in [3.05, 3.63) is 0 Å². The van der Waals surface area contributed by atoms with E-state index >= 15 is 0 Å². The molecule has 6 nitrogen and oxygen atoms in total. The maximum absolute atomic E-state index is 12.2. The van der Waals surface area contributed by atoms with E-state index in [1.807, 2.05) is 13.8 Å². The lowest BCUT2D eigenvalue weighted by molar-refractivity contribution is -0.139. The Morgan fingerprint density at radius 1 is 1.35 bits per heavy atom. The summed E-state index contributed by atoms with van der Waals surface area (Å²) in [6.07, 6.45) is 0. The lowest BCUT2D eigenvalue weighted by atomic mass is 10.1. The molecule has 98 valence electrons. The van der Waals surface area contributed by atoms with Crippen LogP contribution in [-0.4, -0.2) is 54.5 Å². The van der Waals surface area contributed by atoms with E-state index in [1.165, 1.54) is 4.90 Å². The van der Waals surface area contributed by atoms with Crippen LogP contribution in [0.25, 0.3) is 0 Å². The maximum atomic E-state index is 12.2. The van der Waals surface area contributed by atoms with Crippen LogP contribution in [0.4, 0.5) is 0 Å². The quantitative estimate of drug-likeness (QED) is 0.569. The summed E-state index contributed by atoms with van der Waals surface area (Å²) < 4.78 is 0. The minimum Gasteiger partial charge on any atom is -0.368 e. The zero-order valence-corrected chi connectivity index (χ0v) is 10.7. The summed E-state index contributed by atoms with van der Waals surface area (Å²) in [6, 6.07) is 0.0618. The van der Waals surface area contributed by atoms with Crippen LogP contribution in [-0.2, 0) is 9.59 Å². The number of carbonyl (C=O) groups excluding carboxylic acids is 2. The summed E-state index contributed by atoms with van der Waals surface area (Å²) in [5, 5.41) is 6.41. The van der Waals surface area contributed by atoms with E-state index in [4.69, 9.17) is 5.73 Å². The molecule has 1 fully saturated rings. The van der Waals surface area contributed by atoms with Crippen molar-refractivity contribution < 1.29 is 9.59 Å². The molecule has 1 rings (SSSR count). The smallest absolute Gasteiger partial charge is 0.241 e. The lowest BCUT2D eigenvalue weighted by Gasteiger charge is -2.34. The predicted octanol–water partition coefficient (Wildman–Crippen LogP) is -1.34. The lowest BCUT2D eigenvalue weighted by Crippen LogP contribution is -2.61. The van der Waals surface area contributed by atoms with E-state index in [0.29, 0.717) is 12.6 Å². The molecule has 2 amide bonds. The Kier molecular flexibility index (Phi) is 4.89. The molecule has 1 aliphatic rings. The molecular weight excluding hydrogens is 220 g/mol.